The summed E-state index contributed by atoms with van der Waals surface area (Å²) in [5.41, 5.74) is 3.85. The molecule has 0 amide bonds. The molecule has 0 radical (unpaired) electrons. The Morgan fingerprint density at radius 3 is 2.94 bits per heavy atom. The number of allylic oxidation sites excluding steroid dienone is 1. The van der Waals surface area contributed by atoms with Gasteiger partial charge in [0, 0.05) is 36.4 Å². The Morgan fingerprint density at radius 2 is 2.10 bits per heavy atom. The minimum Gasteiger partial charge on any atom is -0.462 e. The van der Waals surface area contributed by atoms with E-state index >= 15 is 0 Å². The standard InChI is InChI=1S/C24H21N3O4/c1-2-30-24(29)20-21(28)19(12-17-13-26-22-18(17)8-5-10-25-22)31-23(20)27-11-9-15-6-3-4-7-16(15)14-27/h3-8,10,12-13H,2,9,11,14H2,1H3,(H,25,26)/b19-12-. The van der Waals surface area contributed by atoms with Crippen molar-refractivity contribution in [3.05, 3.63) is 82.7 Å². The minimum atomic E-state index is -0.662. The normalized spacial score (nSPS) is 17.3. The molecule has 0 saturated heterocycles. The first-order chi connectivity index (χ1) is 15.2. The number of carbonyl (C=O) groups is 2. The molecule has 2 aliphatic heterocycles. The van der Waals surface area contributed by atoms with Crippen LogP contribution in [0.2, 0.25) is 0 Å². The van der Waals surface area contributed by atoms with E-state index < -0.39 is 11.8 Å². The van der Waals surface area contributed by atoms with Crippen LogP contribution in [-0.4, -0.2) is 39.8 Å². The van der Waals surface area contributed by atoms with E-state index in [2.05, 4.69) is 22.1 Å². The van der Waals surface area contributed by atoms with Crippen LogP contribution in [0, 0.1) is 0 Å². The second-order valence-electron chi connectivity index (χ2n) is 7.42. The number of Topliss-reactive ketones (excluding diaryl/α,β-unsaturated/α-hetero) is 1. The Labute approximate surface area is 179 Å². The minimum absolute atomic E-state index is 0.0505. The van der Waals surface area contributed by atoms with Gasteiger partial charge in [-0.3, -0.25) is 4.79 Å². The lowest BCUT2D eigenvalue weighted by atomic mass is 10.00. The van der Waals surface area contributed by atoms with Gasteiger partial charge in [0.05, 0.1) is 6.61 Å². The monoisotopic (exact) mass is 415 g/mol. The zero-order valence-corrected chi connectivity index (χ0v) is 17.1. The first kappa shape index (κ1) is 19.1. The van der Waals surface area contributed by atoms with Gasteiger partial charge in [0.15, 0.2) is 11.3 Å². The Morgan fingerprint density at radius 1 is 1.26 bits per heavy atom. The fourth-order valence-corrected chi connectivity index (χ4v) is 4.03. The highest BCUT2D eigenvalue weighted by molar-refractivity contribution is 6.26. The highest BCUT2D eigenvalue weighted by Gasteiger charge is 2.40. The highest BCUT2D eigenvalue weighted by Crippen LogP contribution is 2.33. The molecule has 0 fully saturated rings. The quantitative estimate of drug-likeness (QED) is 0.400. The average molecular weight is 415 g/mol. The lowest BCUT2D eigenvalue weighted by molar-refractivity contribution is -0.139. The van der Waals surface area contributed by atoms with E-state index in [9.17, 15) is 9.59 Å². The molecule has 5 rings (SSSR count). The molecule has 0 unspecified atom stereocenters. The van der Waals surface area contributed by atoms with Crippen molar-refractivity contribution < 1.29 is 19.1 Å². The number of rotatable bonds is 4. The van der Waals surface area contributed by atoms with Gasteiger partial charge in [-0.25, -0.2) is 9.78 Å². The molecule has 0 saturated carbocycles. The van der Waals surface area contributed by atoms with E-state index in [0.29, 0.717) is 18.7 Å². The lowest BCUT2D eigenvalue weighted by Crippen LogP contribution is -2.31. The molecule has 0 aliphatic carbocycles. The number of hydrogen-bond donors (Lipinski definition) is 1. The van der Waals surface area contributed by atoms with E-state index in [4.69, 9.17) is 9.47 Å². The summed E-state index contributed by atoms with van der Waals surface area (Å²) < 4.78 is 11.2. The number of ketones is 1. The first-order valence-electron chi connectivity index (χ1n) is 10.2. The number of ether oxygens (including phenoxy) is 2. The molecule has 3 aromatic rings. The summed E-state index contributed by atoms with van der Waals surface area (Å²) in [6, 6.07) is 11.9. The predicted molar refractivity (Wildman–Crippen MR) is 114 cm³/mol. The maximum Gasteiger partial charge on any atom is 0.347 e. The predicted octanol–water partition coefficient (Wildman–Crippen LogP) is 3.34. The number of H-pyrrole nitrogens is 1. The summed E-state index contributed by atoms with van der Waals surface area (Å²) in [6.45, 7) is 3.10. The molecule has 2 aromatic heterocycles. The second-order valence-corrected chi connectivity index (χ2v) is 7.42. The summed E-state index contributed by atoms with van der Waals surface area (Å²) >= 11 is 0. The summed E-state index contributed by atoms with van der Waals surface area (Å²) in [4.78, 5) is 35.1. The number of pyridine rings is 1. The van der Waals surface area contributed by atoms with Gasteiger partial charge in [0.2, 0.25) is 11.7 Å². The van der Waals surface area contributed by atoms with Gasteiger partial charge in [-0.1, -0.05) is 24.3 Å². The van der Waals surface area contributed by atoms with Crippen LogP contribution in [0.5, 0.6) is 0 Å². The van der Waals surface area contributed by atoms with Gasteiger partial charge in [-0.2, -0.15) is 0 Å². The number of fused-ring (bicyclic) bond motifs is 2. The highest BCUT2D eigenvalue weighted by atomic mass is 16.5. The van der Waals surface area contributed by atoms with E-state index in [1.54, 1.807) is 25.4 Å². The van der Waals surface area contributed by atoms with Crippen molar-refractivity contribution in [2.45, 2.75) is 19.9 Å². The van der Waals surface area contributed by atoms with E-state index in [-0.39, 0.29) is 23.8 Å². The number of nitrogens with one attached hydrogen (secondary N) is 1. The van der Waals surface area contributed by atoms with Crippen molar-refractivity contribution in [1.29, 1.82) is 0 Å². The van der Waals surface area contributed by atoms with Crippen molar-refractivity contribution in [1.82, 2.24) is 14.9 Å². The zero-order valence-electron chi connectivity index (χ0n) is 17.1. The van der Waals surface area contributed by atoms with Crippen molar-refractivity contribution in [2.75, 3.05) is 13.2 Å². The zero-order chi connectivity index (χ0) is 21.4. The van der Waals surface area contributed by atoms with Gasteiger partial charge in [-0.05, 0) is 42.7 Å². The molecule has 156 valence electrons. The molecule has 7 nitrogen and oxygen atoms in total. The van der Waals surface area contributed by atoms with Crippen molar-refractivity contribution >= 4 is 28.9 Å². The fourth-order valence-electron chi connectivity index (χ4n) is 4.03. The van der Waals surface area contributed by atoms with E-state index in [1.807, 2.05) is 29.2 Å². The number of aromatic nitrogens is 2. The first-order valence-corrected chi connectivity index (χ1v) is 10.2. The van der Waals surface area contributed by atoms with Crippen LogP contribution in [0.3, 0.4) is 0 Å². The summed E-state index contributed by atoms with van der Waals surface area (Å²) in [5, 5.41) is 0.865. The van der Waals surface area contributed by atoms with Crippen molar-refractivity contribution in [2.24, 2.45) is 0 Å². The third-order valence-corrected chi connectivity index (χ3v) is 5.54. The number of hydrogen-bond acceptors (Lipinski definition) is 6. The number of esters is 1. The van der Waals surface area contributed by atoms with Crippen LogP contribution >= 0.6 is 0 Å². The third-order valence-electron chi connectivity index (χ3n) is 5.54. The van der Waals surface area contributed by atoms with Crippen LogP contribution in [0.25, 0.3) is 17.1 Å². The summed E-state index contributed by atoms with van der Waals surface area (Å²) in [7, 11) is 0. The Balaban J connectivity index is 1.52. The molecule has 0 bridgehead atoms. The molecule has 4 heterocycles. The Bertz CT molecular complexity index is 1250. The van der Waals surface area contributed by atoms with E-state index in [1.165, 1.54) is 5.56 Å². The number of nitrogens with zero attached hydrogens (tertiary/aromatic N) is 2. The molecule has 2 aliphatic rings. The summed E-state index contributed by atoms with van der Waals surface area (Å²) in [6.07, 6.45) is 5.91. The molecule has 31 heavy (non-hydrogen) atoms. The van der Waals surface area contributed by atoms with Crippen LogP contribution in [0.1, 0.15) is 23.6 Å². The lowest BCUT2D eigenvalue weighted by Gasteiger charge is -2.30. The van der Waals surface area contributed by atoms with Crippen LogP contribution in [-0.2, 0) is 32.0 Å². The third kappa shape index (κ3) is 3.38. The topological polar surface area (TPSA) is 84.5 Å². The van der Waals surface area contributed by atoms with Gasteiger partial charge in [-0.15, -0.1) is 0 Å². The largest absolute Gasteiger partial charge is 0.462 e. The van der Waals surface area contributed by atoms with Crippen LogP contribution in [0.15, 0.2) is 66.0 Å². The van der Waals surface area contributed by atoms with Gasteiger partial charge >= 0.3 is 5.97 Å². The van der Waals surface area contributed by atoms with Gasteiger partial charge < -0.3 is 19.4 Å². The van der Waals surface area contributed by atoms with E-state index in [0.717, 1.165) is 22.9 Å². The Hall–Kier alpha value is -3.87. The fraction of sp³-hybridized carbons (Fsp3) is 0.208. The molecular formula is C24H21N3O4. The maximum atomic E-state index is 13.2. The van der Waals surface area contributed by atoms with Crippen LogP contribution in [0.4, 0.5) is 0 Å². The Kier molecular flexibility index (Phi) is 4.78. The van der Waals surface area contributed by atoms with Gasteiger partial charge in [0.1, 0.15) is 5.65 Å². The molecule has 1 aromatic carbocycles. The van der Waals surface area contributed by atoms with Gasteiger partial charge in [0.25, 0.3) is 0 Å². The summed E-state index contributed by atoms with van der Waals surface area (Å²) in [5.74, 6) is -0.764. The average Bonchev–Trinajstić information content (AvgIpc) is 3.35. The molecule has 0 atom stereocenters. The SMILES string of the molecule is CCOC(=O)C1=C(N2CCc3ccccc3C2)O/C(=C\c2c[nH]c3ncccc23)C1=O. The molecule has 7 heteroatoms. The molecule has 1 N–H and O–H groups in total. The van der Waals surface area contributed by atoms with Crippen molar-refractivity contribution in [3.8, 4) is 0 Å². The van der Waals surface area contributed by atoms with Crippen LogP contribution < -0.4 is 0 Å². The number of carbonyl (C=O) groups excluding carboxylic acids is 2. The number of aromatic amines is 1. The molecular weight excluding hydrogens is 394 g/mol. The number of benzene rings is 1. The van der Waals surface area contributed by atoms with Crippen molar-refractivity contribution in [3.63, 3.8) is 0 Å². The smallest absolute Gasteiger partial charge is 0.347 e. The maximum absolute atomic E-state index is 13.2. The second kappa shape index (κ2) is 7.75. The molecule has 0 spiro atoms.